The van der Waals surface area contributed by atoms with E-state index in [1.54, 1.807) is 0 Å². The number of aryl methyl sites for hydroxylation is 1. The Hall–Kier alpha value is -1.31. The van der Waals surface area contributed by atoms with Crippen LogP contribution >= 0.6 is 0 Å². The van der Waals surface area contributed by atoms with Gasteiger partial charge in [-0.3, -0.25) is 0 Å². The van der Waals surface area contributed by atoms with Crippen LogP contribution in [0, 0.1) is 5.92 Å². The Kier molecular flexibility index (Phi) is 3.28. The first-order valence-electron chi connectivity index (χ1n) is 6.02. The third-order valence-electron chi connectivity index (χ3n) is 3.13. The summed E-state index contributed by atoms with van der Waals surface area (Å²) in [7, 11) is 0. The van der Waals surface area contributed by atoms with Crippen molar-refractivity contribution in [3.8, 4) is 0 Å². The van der Waals surface area contributed by atoms with Crippen LogP contribution in [0.2, 0.25) is 0 Å². The summed E-state index contributed by atoms with van der Waals surface area (Å²) < 4.78 is 0. The summed E-state index contributed by atoms with van der Waals surface area (Å²) in [6, 6.07) is 8.50. The third kappa shape index (κ3) is 2.11. The molecule has 86 valence electrons. The monoisotopic (exact) mass is 217 g/mol. The molecule has 1 aliphatic heterocycles. The molecule has 2 rings (SSSR count). The first kappa shape index (κ1) is 11.2. The molecule has 0 spiro atoms. The molecule has 2 nitrogen and oxygen atoms in total. The Bertz CT molecular complexity index is 373. The zero-order chi connectivity index (χ0) is 11.5. The van der Waals surface area contributed by atoms with Crippen molar-refractivity contribution in [2.24, 2.45) is 5.92 Å². The van der Waals surface area contributed by atoms with Crippen LogP contribution < -0.4 is 4.90 Å². The molecule has 0 saturated carbocycles. The van der Waals surface area contributed by atoms with E-state index in [9.17, 15) is 4.79 Å². The van der Waals surface area contributed by atoms with Crippen molar-refractivity contribution < 1.29 is 4.79 Å². The number of hydrogen-bond acceptors (Lipinski definition) is 2. The maximum Gasteiger partial charge on any atom is 0.142 e. The summed E-state index contributed by atoms with van der Waals surface area (Å²) in [5, 5.41) is 0. The zero-order valence-corrected chi connectivity index (χ0v) is 10.0. The molecule has 1 heterocycles. The number of nitrogens with zero attached hydrogens (tertiary/aromatic N) is 1. The average Bonchev–Trinajstić information content (AvgIpc) is 2.29. The normalized spacial score (nSPS) is 19.7. The molecule has 0 aromatic heterocycles. The molecule has 0 amide bonds. The van der Waals surface area contributed by atoms with Crippen LogP contribution in [0.1, 0.15) is 25.8 Å². The Labute approximate surface area is 97.3 Å². The minimum atomic E-state index is 0.0669. The fourth-order valence-electron chi connectivity index (χ4n) is 2.41. The number of fused-ring (bicyclic) bond motifs is 1. The van der Waals surface area contributed by atoms with Gasteiger partial charge in [0.15, 0.2) is 0 Å². The molecular weight excluding hydrogens is 198 g/mol. The molecule has 0 N–H and O–H groups in total. The van der Waals surface area contributed by atoms with Gasteiger partial charge in [-0.25, -0.2) is 0 Å². The summed E-state index contributed by atoms with van der Waals surface area (Å²) >= 11 is 0. The van der Waals surface area contributed by atoms with Crippen LogP contribution in [0.15, 0.2) is 24.3 Å². The Morgan fingerprint density at radius 2 is 2.19 bits per heavy atom. The van der Waals surface area contributed by atoms with E-state index in [2.05, 4.69) is 43.0 Å². The highest BCUT2D eigenvalue weighted by atomic mass is 16.1. The number of carbonyl (C=O) groups excluding carboxylic acids is 1. The molecule has 1 aromatic carbocycles. The molecule has 1 unspecified atom stereocenters. The fraction of sp³-hybridized carbons (Fsp3) is 0.500. The molecule has 16 heavy (non-hydrogen) atoms. The summed E-state index contributed by atoms with van der Waals surface area (Å²) in [5.41, 5.74) is 2.63. The van der Waals surface area contributed by atoms with Gasteiger partial charge in [0.25, 0.3) is 0 Å². The van der Waals surface area contributed by atoms with Gasteiger partial charge in [-0.15, -0.1) is 0 Å². The molecule has 0 saturated heterocycles. The highest BCUT2D eigenvalue weighted by Crippen LogP contribution is 2.30. The standard InChI is InChI=1S/C14H19NO/c1-11(2)9-15-13(10-16)8-7-12-5-3-4-6-14(12)15/h3-6,10-11,13H,7-9H2,1-2H3. The first-order chi connectivity index (χ1) is 7.72. The molecule has 1 atom stereocenters. The van der Waals surface area contributed by atoms with Crippen molar-refractivity contribution >= 4 is 12.0 Å². The van der Waals surface area contributed by atoms with Gasteiger partial charge in [-0.05, 0) is 30.4 Å². The number of carbonyl (C=O) groups is 1. The average molecular weight is 217 g/mol. The lowest BCUT2D eigenvalue weighted by atomic mass is 9.95. The van der Waals surface area contributed by atoms with Crippen LogP contribution in [0.4, 0.5) is 5.69 Å². The lowest BCUT2D eigenvalue weighted by Crippen LogP contribution is -2.42. The lowest BCUT2D eigenvalue weighted by molar-refractivity contribution is -0.109. The molecule has 0 radical (unpaired) electrons. The summed E-state index contributed by atoms with van der Waals surface area (Å²) in [6.45, 7) is 5.35. The van der Waals surface area contributed by atoms with Gasteiger partial charge in [0.2, 0.25) is 0 Å². The second-order valence-corrected chi connectivity index (χ2v) is 4.92. The topological polar surface area (TPSA) is 20.3 Å². The molecule has 0 aliphatic carbocycles. The predicted octanol–water partition coefficient (Wildman–Crippen LogP) is 2.66. The molecule has 1 aliphatic rings. The number of rotatable bonds is 3. The highest BCUT2D eigenvalue weighted by Gasteiger charge is 2.25. The molecule has 2 heteroatoms. The minimum Gasteiger partial charge on any atom is -0.361 e. The summed E-state index contributed by atoms with van der Waals surface area (Å²) in [6.07, 6.45) is 3.07. The van der Waals surface area contributed by atoms with Gasteiger partial charge in [0.1, 0.15) is 6.29 Å². The minimum absolute atomic E-state index is 0.0669. The van der Waals surface area contributed by atoms with Crippen molar-refractivity contribution in [1.82, 2.24) is 0 Å². The first-order valence-corrected chi connectivity index (χ1v) is 6.02. The van der Waals surface area contributed by atoms with Gasteiger partial charge in [-0.2, -0.15) is 0 Å². The van der Waals surface area contributed by atoms with Gasteiger partial charge in [0.05, 0.1) is 6.04 Å². The van der Waals surface area contributed by atoms with E-state index in [0.29, 0.717) is 5.92 Å². The number of aldehydes is 1. The molecule has 0 fully saturated rings. The smallest absolute Gasteiger partial charge is 0.142 e. The zero-order valence-electron chi connectivity index (χ0n) is 10.0. The van der Waals surface area contributed by atoms with Crippen LogP contribution in [0.25, 0.3) is 0 Å². The molecule has 0 bridgehead atoms. The van der Waals surface area contributed by atoms with E-state index in [1.165, 1.54) is 11.3 Å². The van der Waals surface area contributed by atoms with E-state index < -0.39 is 0 Å². The van der Waals surface area contributed by atoms with Crippen molar-refractivity contribution in [1.29, 1.82) is 0 Å². The summed E-state index contributed by atoms with van der Waals surface area (Å²) in [4.78, 5) is 13.4. The largest absolute Gasteiger partial charge is 0.361 e. The van der Waals surface area contributed by atoms with Crippen LogP contribution in [0.5, 0.6) is 0 Å². The highest BCUT2D eigenvalue weighted by molar-refractivity contribution is 5.69. The van der Waals surface area contributed by atoms with Gasteiger partial charge < -0.3 is 9.69 Å². The number of para-hydroxylation sites is 1. The predicted molar refractivity (Wildman–Crippen MR) is 66.8 cm³/mol. The van der Waals surface area contributed by atoms with Crippen molar-refractivity contribution in [2.45, 2.75) is 32.7 Å². The van der Waals surface area contributed by atoms with E-state index in [-0.39, 0.29) is 6.04 Å². The maximum absolute atomic E-state index is 11.1. The molecular formula is C14H19NO. The maximum atomic E-state index is 11.1. The quantitative estimate of drug-likeness (QED) is 0.725. The van der Waals surface area contributed by atoms with Crippen LogP contribution in [-0.4, -0.2) is 18.9 Å². The SMILES string of the molecule is CC(C)CN1c2ccccc2CCC1C=O. The number of benzene rings is 1. The van der Waals surface area contributed by atoms with E-state index in [4.69, 9.17) is 0 Å². The second kappa shape index (κ2) is 4.69. The summed E-state index contributed by atoms with van der Waals surface area (Å²) in [5.74, 6) is 0.577. The Morgan fingerprint density at radius 1 is 1.44 bits per heavy atom. The lowest BCUT2D eigenvalue weighted by Gasteiger charge is -2.37. The third-order valence-corrected chi connectivity index (χ3v) is 3.13. The van der Waals surface area contributed by atoms with Gasteiger partial charge in [0, 0.05) is 12.2 Å². The number of hydrogen-bond donors (Lipinski definition) is 0. The van der Waals surface area contributed by atoms with Crippen LogP contribution in [0.3, 0.4) is 0 Å². The fourth-order valence-corrected chi connectivity index (χ4v) is 2.41. The van der Waals surface area contributed by atoms with E-state index >= 15 is 0 Å². The number of anilines is 1. The van der Waals surface area contributed by atoms with E-state index in [1.807, 2.05) is 0 Å². The Morgan fingerprint density at radius 3 is 2.88 bits per heavy atom. The van der Waals surface area contributed by atoms with Gasteiger partial charge in [-0.1, -0.05) is 32.0 Å². The van der Waals surface area contributed by atoms with E-state index in [0.717, 1.165) is 25.7 Å². The Balaban J connectivity index is 2.32. The second-order valence-electron chi connectivity index (χ2n) is 4.92. The van der Waals surface area contributed by atoms with Crippen LogP contribution in [-0.2, 0) is 11.2 Å². The molecule has 1 aromatic rings. The van der Waals surface area contributed by atoms with Crippen molar-refractivity contribution in [3.63, 3.8) is 0 Å². The van der Waals surface area contributed by atoms with Crippen molar-refractivity contribution in [3.05, 3.63) is 29.8 Å². The van der Waals surface area contributed by atoms with Crippen molar-refractivity contribution in [2.75, 3.05) is 11.4 Å². The van der Waals surface area contributed by atoms with Gasteiger partial charge >= 0.3 is 0 Å².